The summed E-state index contributed by atoms with van der Waals surface area (Å²) in [5, 5.41) is 15.7. The monoisotopic (exact) mass is 979 g/mol. The Morgan fingerprint density at radius 2 is 1.39 bits per heavy atom. The van der Waals surface area contributed by atoms with E-state index in [4.69, 9.17) is 9.97 Å². The van der Waals surface area contributed by atoms with E-state index in [-0.39, 0.29) is 48.9 Å². The van der Waals surface area contributed by atoms with Crippen molar-refractivity contribution in [2.75, 3.05) is 0 Å². The van der Waals surface area contributed by atoms with Gasteiger partial charge in [0.05, 0.1) is 22.3 Å². The minimum Gasteiger partial charge on any atom is -0.512 e. The first-order chi connectivity index (χ1) is 27.9. The largest absolute Gasteiger partial charge is 0.512 e. The van der Waals surface area contributed by atoms with Crippen molar-refractivity contribution >= 4 is 70.0 Å². The molecule has 0 aliphatic carbocycles. The van der Waals surface area contributed by atoms with Gasteiger partial charge in [0.25, 0.3) is 0 Å². The number of aryl methyl sites for hydroxylation is 2. The van der Waals surface area contributed by atoms with Gasteiger partial charge in [-0.3, -0.25) is 9.78 Å². The van der Waals surface area contributed by atoms with Gasteiger partial charge in [-0.1, -0.05) is 132 Å². The number of carbonyl (C=O) groups excluding carboxylic acids is 1. The molecular formula is C52H56IrN3O2S-. The van der Waals surface area contributed by atoms with E-state index in [1.165, 1.54) is 60.0 Å². The Labute approximate surface area is 367 Å². The number of benzene rings is 5. The second kappa shape index (κ2) is 18.3. The van der Waals surface area contributed by atoms with Crippen molar-refractivity contribution in [1.29, 1.82) is 0 Å². The zero-order valence-corrected chi connectivity index (χ0v) is 39.1. The number of aliphatic hydroxyl groups excluding tert-OH is 1. The summed E-state index contributed by atoms with van der Waals surface area (Å²) in [5.74, 6) is 0.547. The Hall–Kier alpha value is -4.68. The first kappa shape index (κ1) is 43.9. The Morgan fingerprint density at radius 3 is 2.00 bits per heavy atom. The maximum absolute atomic E-state index is 11.7. The zero-order chi connectivity index (χ0) is 41.3. The zero-order valence-electron chi connectivity index (χ0n) is 35.9. The minimum atomic E-state index is 0. The SMILES string of the molecule is CCC(CC)C(=O)/C=C(\O)C(CC)CC.Cc1cccc2c3cccc(C)c3n(-c3cc(-c4ncnc5c4sc4cc(CC(C)(C)C)ccc45)[c-]c4ccccc34)c12.[Ir]. The van der Waals surface area contributed by atoms with Gasteiger partial charge in [0, 0.05) is 69.3 Å². The summed E-state index contributed by atoms with van der Waals surface area (Å²) in [7, 11) is 0. The van der Waals surface area contributed by atoms with E-state index in [1.54, 1.807) is 17.7 Å². The maximum atomic E-state index is 11.7. The standard InChI is InChI=1S/C39H32N3S.C13H24O2.Ir/c1-23-10-8-14-29-30-15-9-11-24(2)37(30)42(36(23)29)32-20-27(19-26-12-6-7-13-28(26)32)34-38-35(41-22-40-34)31-17-16-25(18-33(31)43-38)21-39(3,4)5;1-5-10(6-2)12(14)9-13(15)11(7-3)8-4;/h6-18,20,22H,21H2,1-5H3;9-11,14H,5-8H2,1-4H3;/q-1;;/b;12-9-;. The maximum Gasteiger partial charge on any atom is 0.162 e. The summed E-state index contributed by atoms with van der Waals surface area (Å²) in [6, 6.07) is 34.7. The predicted molar refractivity (Wildman–Crippen MR) is 248 cm³/mol. The van der Waals surface area contributed by atoms with Crippen molar-refractivity contribution in [2.24, 2.45) is 17.3 Å². The van der Waals surface area contributed by atoms with Crippen LogP contribution in [0.4, 0.5) is 0 Å². The Kier molecular flexibility index (Phi) is 13.6. The molecule has 0 atom stereocenters. The number of fused-ring (bicyclic) bond motifs is 7. The van der Waals surface area contributed by atoms with Gasteiger partial charge in [0.15, 0.2) is 5.78 Å². The molecule has 0 aliphatic rings. The molecule has 3 heterocycles. The third-order valence-electron chi connectivity index (χ3n) is 11.6. The Bertz CT molecular complexity index is 2760. The molecule has 0 saturated heterocycles. The number of thiophene rings is 1. The van der Waals surface area contributed by atoms with Crippen LogP contribution in [-0.4, -0.2) is 25.4 Å². The second-order valence-corrected chi connectivity index (χ2v) is 18.0. The van der Waals surface area contributed by atoms with Crippen LogP contribution in [0.1, 0.15) is 90.8 Å². The van der Waals surface area contributed by atoms with Crippen LogP contribution in [0.5, 0.6) is 0 Å². The van der Waals surface area contributed by atoms with Crippen LogP contribution in [0.15, 0.2) is 103 Å². The molecule has 3 aromatic heterocycles. The molecule has 0 aliphatic heterocycles. The van der Waals surface area contributed by atoms with Crippen LogP contribution in [0.2, 0.25) is 0 Å². The number of hydrogen-bond donors (Lipinski definition) is 1. The fourth-order valence-corrected chi connectivity index (χ4v) is 9.76. The molecule has 0 amide bonds. The quantitative estimate of drug-likeness (QED) is 0.0842. The molecule has 5 aromatic carbocycles. The molecule has 8 rings (SSSR count). The average molecular weight is 979 g/mol. The summed E-state index contributed by atoms with van der Waals surface area (Å²) in [6.07, 6.45) is 7.66. The summed E-state index contributed by atoms with van der Waals surface area (Å²) in [5.41, 5.74) is 10.7. The molecule has 0 bridgehead atoms. The molecule has 8 aromatic rings. The van der Waals surface area contributed by atoms with Crippen LogP contribution in [0.25, 0.3) is 69.8 Å². The predicted octanol–water partition coefficient (Wildman–Crippen LogP) is 14.6. The normalized spacial score (nSPS) is 12.2. The van der Waals surface area contributed by atoms with Gasteiger partial charge in [-0.05, 0) is 79.8 Å². The molecule has 0 fully saturated rings. The fourth-order valence-electron chi connectivity index (χ4n) is 8.54. The number of carbonyl (C=O) groups is 1. The van der Waals surface area contributed by atoms with Gasteiger partial charge in [-0.25, -0.2) is 4.98 Å². The first-order valence-electron chi connectivity index (χ1n) is 20.9. The van der Waals surface area contributed by atoms with Gasteiger partial charge in [0.1, 0.15) is 6.33 Å². The summed E-state index contributed by atoms with van der Waals surface area (Å²) >= 11 is 1.79. The number of allylic oxidation sites excluding steroid dienone is 2. The molecule has 59 heavy (non-hydrogen) atoms. The van der Waals surface area contributed by atoms with E-state index < -0.39 is 0 Å². The molecular weight excluding hydrogens is 923 g/mol. The number of rotatable bonds is 10. The van der Waals surface area contributed by atoms with Gasteiger partial charge >= 0.3 is 0 Å². The van der Waals surface area contributed by atoms with Crippen molar-refractivity contribution in [3.63, 3.8) is 0 Å². The number of aromatic nitrogens is 3. The Morgan fingerprint density at radius 1 is 0.780 bits per heavy atom. The third-order valence-corrected chi connectivity index (χ3v) is 12.7. The Balaban J connectivity index is 0.000000315. The topological polar surface area (TPSA) is 68.0 Å². The van der Waals surface area contributed by atoms with Crippen LogP contribution in [0.3, 0.4) is 0 Å². The smallest absolute Gasteiger partial charge is 0.162 e. The van der Waals surface area contributed by atoms with Crippen molar-refractivity contribution in [1.82, 2.24) is 14.5 Å². The van der Waals surface area contributed by atoms with E-state index in [0.717, 1.165) is 64.7 Å². The van der Waals surface area contributed by atoms with Crippen LogP contribution >= 0.6 is 11.3 Å². The summed E-state index contributed by atoms with van der Waals surface area (Å²) in [4.78, 5) is 21.4. The molecule has 7 heteroatoms. The van der Waals surface area contributed by atoms with Crippen molar-refractivity contribution in [2.45, 2.75) is 94.4 Å². The molecule has 5 nitrogen and oxygen atoms in total. The summed E-state index contributed by atoms with van der Waals surface area (Å²) in [6.45, 7) is 19.4. The van der Waals surface area contributed by atoms with Crippen molar-refractivity contribution < 1.29 is 30.0 Å². The number of nitrogens with zero attached hydrogens (tertiary/aromatic N) is 3. The second-order valence-electron chi connectivity index (χ2n) is 17.0. The molecule has 1 N–H and O–H groups in total. The van der Waals surface area contributed by atoms with Crippen molar-refractivity contribution in [3.8, 4) is 16.9 Å². The van der Waals surface area contributed by atoms with Crippen LogP contribution < -0.4 is 0 Å². The van der Waals surface area contributed by atoms with E-state index in [0.29, 0.717) is 0 Å². The fraction of sp³-hybridized carbons (Fsp3) is 0.327. The number of ketones is 1. The van der Waals surface area contributed by atoms with Gasteiger partial charge < -0.3 is 9.67 Å². The van der Waals surface area contributed by atoms with E-state index in [2.05, 4.69) is 130 Å². The minimum absolute atomic E-state index is 0. The van der Waals surface area contributed by atoms with Crippen molar-refractivity contribution in [3.05, 3.63) is 126 Å². The summed E-state index contributed by atoms with van der Waals surface area (Å²) < 4.78 is 4.84. The van der Waals surface area contributed by atoms with E-state index >= 15 is 0 Å². The molecule has 307 valence electrons. The van der Waals surface area contributed by atoms with E-state index in [1.807, 2.05) is 27.7 Å². The number of hydrogen-bond acceptors (Lipinski definition) is 5. The van der Waals surface area contributed by atoms with Gasteiger partial charge in [0.2, 0.25) is 0 Å². The third kappa shape index (κ3) is 8.80. The number of para-hydroxylation sites is 2. The van der Waals surface area contributed by atoms with Gasteiger partial charge in [-0.2, -0.15) is 0 Å². The molecule has 0 unspecified atom stereocenters. The number of aliphatic hydroxyl groups is 1. The van der Waals surface area contributed by atoms with Crippen LogP contribution in [0, 0.1) is 37.2 Å². The molecule has 1 radical (unpaired) electrons. The average Bonchev–Trinajstić information content (AvgIpc) is 3.75. The van der Waals surface area contributed by atoms with E-state index in [9.17, 15) is 9.90 Å². The van der Waals surface area contributed by atoms with Crippen LogP contribution in [-0.2, 0) is 31.3 Å². The first-order valence-corrected chi connectivity index (χ1v) is 21.7. The van der Waals surface area contributed by atoms with Gasteiger partial charge in [-0.15, -0.1) is 28.9 Å². The molecule has 0 spiro atoms. The molecule has 0 saturated carbocycles.